The summed E-state index contributed by atoms with van der Waals surface area (Å²) in [5, 5.41) is 0. The summed E-state index contributed by atoms with van der Waals surface area (Å²) >= 11 is 0. The van der Waals surface area contributed by atoms with Crippen LogP contribution < -0.4 is 0 Å². The Hall–Kier alpha value is -2.20. The van der Waals surface area contributed by atoms with E-state index in [1.54, 1.807) is 12.4 Å². The second-order valence-corrected chi connectivity index (χ2v) is 6.47. The first-order chi connectivity index (χ1) is 11.7. The van der Waals surface area contributed by atoms with Crippen LogP contribution in [-0.4, -0.2) is 47.4 Å². The van der Waals surface area contributed by atoms with Crippen molar-refractivity contribution in [3.63, 3.8) is 0 Å². The van der Waals surface area contributed by atoms with Gasteiger partial charge in [0.15, 0.2) is 0 Å². The van der Waals surface area contributed by atoms with Crippen molar-refractivity contribution < 1.29 is 4.79 Å². The highest BCUT2D eigenvalue weighted by molar-refractivity contribution is 5.76. The summed E-state index contributed by atoms with van der Waals surface area (Å²) in [6, 6.07) is 12.6. The quantitative estimate of drug-likeness (QED) is 0.820. The summed E-state index contributed by atoms with van der Waals surface area (Å²) in [5.41, 5.74) is 4.08. The number of fused-ring (bicyclic) bond motifs is 1. The van der Waals surface area contributed by atoms with Gasteiger partial charge in [-0.05, 0) is 41.7 Å². The van der Waals surface area contributed by atoms with Crippen LogP contribution in [0.4, 0.5) is 0 Å². The average molecular weight is 323 g/mol. The molecule has 2 heterocycles. The van der Waals surface area contributed by atoms with E-state index in [-0.39, 0.29) is 5.91 Å². The minimum absolute atomic E-state index is 0.225. The standard InChI is InChI=1S/C20H25N3O/c1-22(13-8-17-6-11-21-12-7-17)20(24)10-15-23-14-9-18-4-2-3-5-19(18)16-23/h2-7,11-12H,8-10,13-16H2,1H3. The Morgan fingerprint density at radius 1 is 1.17 bits per heavy atom. The molecule has 2 aromatic rings. The molecule has 1 aliphatic heterocycles. The van der Waals surface area contributed by atoms with Crippen molar-refractivity contribution in [2.45, 2.75) is 25.8 Å². The average Bonchev–Trinajstić information content (AvgIpc) is 2.64. The van der Waals surface area contributed by atoms with E-state index < -0.39 is 0 Å². The highest BCUT2D eigenvalue weighted by Gasteiger charge is 2.17. The fourth-order valence-electron chi connectivity index (χ4n) is 3.16. The van der Waals surface area contributed by atoms with Crippen LogP contribution in [0.5, 0.6) is 0 Å². The van der Waals surface area contributed by atoms with E-state index in [4.69, 9.17) is 0 Å². The van der Waals surface area contributed by atoms with Crippen LogP contribution in [0.25, 0.3) is 0 Å². The van der Waals surface area contributed by atoms with E-state index in [9.17, 15) is 4.79 Å². The third-order valence-corrected chi connectivity index (χ3v) is 4.76. The van der Waals surface area contributed by atoms with Gasteiger partial charge in [0.25, 0.3) is 0 Å². The number of hydrogen-bond donors (Lipinski definition) is 0. The molecule has 0 aliphatic carbocycles. The summed E-state index contributed by atoms with van der Waals surface area (Å²) in [7, 11) is 1.90. The first-order valence-electron chi connectivity index (χ1n) is 8.64. The number of carbonyl (C=O) groups excluding carboxylic acids is 1. The van der Waals surface area contributed by atoms with Gasteiger partial charge in [-0.15, -0.1) is 0 Å². The predicted molar refractivity (Wildman–Crippen MR) is 95.6 cm³/mol. The number of pyridine rings is 1. The first-order valence-corrected chi connectivity index (χ1v) is 8.64. The van der Waals surface area contributed by atoms with Crippen LogP contribution in [0, 0.1) is 0 Å². The monoisotopic (exact) mass is 323 g/mol. The molecule has 1 aromatic carbocycles. The van der Waals surface area contributed by atoms with E-state index in [1.807, 2.05) is 24.1 Å². The number of carbonyl (C=O) groups is 1. The van der Waals surface area contributed by atoms with Crippen molar-refractivity contribution in [1.82, 2.24) is 14.8 Å². The molecule has 0 N–H and O–H groups in total. The number of amides is 1. The minimum Gasteiger partial charge on any atom is -0.345 e. The van der Waals surface area contributed by atoms with E-state index >= 15 is 0 Å². The smallest absolute Gasteiger partial charge is 0.223 e. The highest BCUT2D eigenvalue weighted by Crippen LogP contribution is 2.18. The van der Waals surface area contributed by atoms with Gasteiger partial charge >= 0.3 is 0 Å². The SMILES string of the molecule is CN(CCc1ccncc1)C(=O)CCN1CCc2ccccc2C1. The fourth-order valence-corrected chi connectivity index (χ4v) is 3.16. The maximum atomic E-state index is 12.3. The summed E-state index contributed by atoms with van der Waals surface area (Å²) in [6.45, 7) is 3.60. The Kier molecular flexibility index (Phi) is 5.59. The van der Waals surface area contributed by atoms with Crippen molar-refractivity contribution in [2.24, 2.45) is 0 Å². The zero-order chi connectivity index (χ0) is 16.8. The van der Waals surface area contributed by atoms with Crippen LogP contribution >= 0.6 is 0 Å². The molecule has 1 aliphatic rings. The van der Waals surface area contributed by atoms with Crippen LogP contribution in [0.2, 0.25) is 0 Å². The lowest BCUT2D eigenvalue weighted by atomic mass is 10.00. The minimum atomic E-state index is 0.225. The fraction of sp³-hybridized carbons (Fsp3) is 0.400. The number of rotatable bonds is 6. The maximum Gasteiger partial charge on any atom is 0.223 e. The number of nitrogens with zero attached hydrogens (tertiary/aromatic N) is 3. The number of aromatic nitrogens is 1. The topological polar surface area (TPSA) is 36.4 Å². The Morgan fingerprint density at radius 2 is 1.92 bits per heavy atom. The molecule has 126 valence electrons. The largest absolute Gasteiger partial charge is 0.345 e. The summed E-state index contributed by atoms with van der Waals surface area (Å²) in [5.74, 6) is 0.225. The number of hydrogen-bond acceptors (Lipinski definition) is 3. The molecule has 0 bridgehead atoms. The van der Waals surface area contributed by atoms with Gasteiger partial charge in [-0.1, -0.05) is 24.3 Å². The van der Waals surface area contributed by atoms with Gasteiger partial charge in [-0.3, -0.25) is 14.7 Å². The zero-order valence-electron chi connectivity index (χ0n) is 14.3. The lowest BCUT2D eigenvalue weighted by Gasteiger charge is -2.29. The Bertz CT molecular complexity index is 672. The lowest BCUT2D eigenvalue weighted by Crippen LogP contribution is -2.35. The molecule has 0 fully saturated rings. The van der Waals surface area contributed by atoms with Gasteiger partial charge in [-0.2, -0.15) is 0 Å². The van der Waals surface area contributed by atoms with Gasteiger partial charge in [0.05, 0.1) is 0 Å². The Labute approximate surface area is 144 Å². The van der Waals surface area contributed by atoms with Gasteiger partial charge in [0, 0.05) is 52.0 Å². The number of likely N-dealkylation sites (N-methyl/N-ethyl adjacent to an activating group) is 1. The second kappa shape index (κ2) is 8.06. The van der Waals surface area contributed by atoms with Crippen LogP contribution in [-0.2, 0) is 24.2 Å². The molecule has 0 spiro atoms. The normalized spacial score (nSPS) is 14.2. The summed E-state index contributed by atoms with van der Waals surface area (Å²) in [6.07, 6.45) is 6.15. The van der Waals surface area contributed by atoms with Crippen molar-refractivity contribution in [3.8, 4) is 0 Å². The van der Waals surface area contributed by atoms with Gasteiger partial charge in [0.2, 0.25) is 5.91 Å². The molecule has 4 heteroatoms. The molecule has 4 nitrogen and oxygen atoms in total. The van der Waals surface area contributed by atoms with E-state index in [0.717, 1.165) is 39.0 Å². The Balaban J connectivity index is 1.42. The molecule has 0 radical (unpaired) electrons. The molecule has 0 saturated heterocycles. The molecule has 0 unspecified atom stereocenters. The molecule has 1 amide bonds. The molecule has 1 aromatic heterocycles. The van der Waals surface area contributed by atoms with Crippen molar-refractivity contribution in [2.75, 3.05) is 26.7 Å². The van der Waals surface area contributed by atoms with Crippen LogP contribution in [0.1, 0.15) is 23.1 Å². The molecular formula is C20H25N3O. The van der Waals surface area contributed by atoms with Crippen molar-refractivity contribution in [3.05, 3.63) is 65.5 Å². The van der Waals surface area contributed by atoms with Gasteiger partial charge in [0.1, 0.15) is 0 Å². The zero-order valence-corrected chi connectivity index (χ0v) is 14.3. The van der Waals surface area contributed by atoms with E-state index in [2.05, 4.69) is 34.1 Å². The molecule has 0 saturated carbocycles. The van der Waals surface area contributed by atoms with Crippen LogP contribution in [0.3, 0.4) is 0 Å². The van der Waals surface area contributed by atoms with Gasteiger partial charge in [-0.25, -0.2) is 0 Å². The summed E-state index contributed by atoms with van der Waals surface area (Å²) in [4.78, 5) is 20.6. The highest BCUT2D eigenvalue weighted by atomic mass is 16.2. The molecular weight excluding hydrogens is 298 g/mol. The second-order valence-electron chi connectivity index (χ2n) is 6.47. The lowest BCUT2D eigenvalue weighted by molar-refractivity contribution is -0.130. The van der Waals surface area contributed by atoms with Gasteiger partial charge < -0.3 is 4.90 Å². The summed E-state index contributed by atoms with van der Waals surface area (Å²) < 4.78 is 0. The van der Waals surface area contributed by atoms with Crippen molar-refractivity contribution >= 4 is 5.91 Å². The third-order valence-electron chi connectivity index (χ3n) is 4.76. The van der Waals surface area contributed by atoms with Crippen molar-refractivity contribution in [1.29, 1.82) is 0 Å². The van der Waals surface area contributed by atoms with Crippen LogP contribution in [0.15, 0.2) is 48.8 Å². The van der Waals surface area contributed by atoms with E-state index in [1.165, 1.54) is 16.7 Å². The predicted octanol–water partition coefficient (Wildman–Crippen LogP) is 2.53. The Morgan fingerprint density at radius 3 is 2.71 bits per heavy atom. The third kappa shape index (κ3) is 4.42. The maximum absolute atomic E-state index is 12.3. The molecule has 24 heavy (non-hydrogen) atoms. The first kappa shape index (κ1) is 16.7. The molecule has 3 rings (SSSR count). The van der Waals surface area contributed by atoms with E-state index in [0.29, 0.717) is 6.42 Å². The molecule has 0 atom stereocenters. The number of benzene rings is 1.